The van der Waals surface area contributed by atoms with Gasteiger partial charge in [0.2, 0.25) is 5.82 Å². The van der Waals surface area contributed by atoms with E-state index < -0.39 is 0 Å². The van der Waals surface area contributed by atoms with Crippen molar-refractivity contribution in [1.82, 2.24) is 24.8 Å². The molecule has 0 N–H and O–H groups in total. The Morgan fingerprint density at radius 3 is 2.38 bits per heavy atom. The van der Waals surface area contributed by atoms with E-state index in [-0.39, 0.29) is 5.91 Å². The van der Waals surface area contributed by atoms with Gasteiger partial charge in [-0.15, -0.1) is 0 Å². The summed E-state index contributed by atoms with van der Waals surface area (Å²) in [6.07, 6.45) is 4.72. The summed E-state index contributed by atoms with van der Waals surface area (Å²) in [7, 11) is 0. The summed E-state index contributed by atoms with van der Waals surface area (Å²) in [5.41, 5.74) is 2.69. The molecule has 0 saturated carbocycles. The molecule has 0 atom stereocenters. The highest BCUT2D eigenvalue weighted by Crippen LogP contribution is 2.29. The molecular formula is C22H32N6O. The second kappa shape index (κ2) is 8.61. The topological polar surface area (TPSA) is 65.5 Å². The van der Waals surface area contributed by atoms with Gasteiger partial charge in [0.1, 0.15) is 5.82 Å². The minimum Gasteiger partial charge on any atom is -0.356 e. The Balaban J connectivity index is 1.68. The molecule has 2 saturated heterocycles. The summed E-state index contributed by atoms with van der Waals surface area (Å²) in [6.45, 7) is 12.6. The number of aromatic nitrogens is 3. The van der Waals surface area contributed by atoms with Gasteiger partial charge in [-0.05, 0) is 57.7 Å². The van der Waals surface area contributed by atoms with Gasteiger partial charge in [0.15, 0.2) is 5.65 Å². The molecule has 156 valence electrons. The van der Waals surface area contributed by atoms with E-state index in [0.717, 1.165) is 87.5 Å². The van der Waals surface area contributed by atoms with Crippen molar-refractivity contribution in [1.29, 1.82) is 0 Å². The maximum Gasteiger partial charge on any atom is 0.291 e. The molecule has 0 aromatic carbocycles. The molecule has 0 bridgehead atoms. The van der Waals surface area contributed by atoms with Crippen LogP contribution in [-0.2, 0) is 0 Å². The number of carbonyl (C=O) groups excluding carboxylic acids is 1. The van der Waals surface area contributed by atoms with Gasteiger partial charge in [0.25, 0.3) is 5.91 Å². The van der Waals surface area contributed by atoms with Crippen LogP contribution in [0, 0.1) is 13.8 Å². The highest BCUT2D eigenvalue weighted by Gasteiger charge is 2.27. The zero-order valence-corrected chi connectivity index (χ0v) is 17.9. The van der Waals surface area contributed by atoms with E-state index in [1.807, 2.05) is 11.8 Å². The summed E-state index contributed by atoms with van der Waals surface area (Å²) in [5.74, 6) is 1.11. The Bertz CT molecular complexity index is 884. The molecule has 4 heterocycles. The van der Waals surface area contributed by atoms with Crippen LogP contribution in [0.15, 0.2) is 6.07 Å². The number of pyridine rings is 1. The van der Waals surface area contributed by atoms with Crippen molar-refractivity contribution in [2.45, 2.75) is 46.5 Å². The largest absolute Gasteiger partial charge is 0.356 e. The Morgan fingerprint density at radius 2 is 1.69 bits per heavy atom. The van der Waals surface area contributed by atoms with Crippen molar-refractivity contribution >= 4 is 22.8 Å². The predicted octanol–water partition coefficient (Wildman–Crippen LogP) is 2.80. The molecule has 29 heavy (non-hydrogen) atoms. The summed E-state index contributed by atoms with van der Waals surface area (Å²) in [5, 5.41) is 0.988. The number of carbonyl (C=O) groups is 1. The average Bonchev–Trinajstić information content (AvgIpc) is 2.73. The minimum atomic E-state index is -0.0673. The van der Waals surface area contributed by atoms with Gasteiger partial charge >= 0.3 is 0 Å². The Morgan fingerprint density at radius 1 is 0.966 bits per heavy atom. The summed E-state index contributed by atoms with van der Waals surface area (Å²) < 4.78 is 0. The third-order valence-corrected chi connectivity index (χ3v) is 6.02. The van der Waals surface area contributed by atoms with Crippen molar-refractivity contribution < 1.29 is 4.79 Å². The fourth-order valence-corrected chi connectivity index (χ4v) is 4.52. The SMILES string of the molecule is CCCN1CCN(C(=O)c2nc(N3CCCCC3)c3c(C)cc(C)nc3n2)CC1. The Labute approximate surface area is 173 Å². The zero-order chi connectivity index (χ0) is 20.4. The number of hydrogen-bond acceptors (Lipinski definition) is 6. The molecular weight excluding hydrogens is 364 g/mol. The lowest BCUT2D eigenvalue weighted by Gasteiger charge is -2.34. The quantitative estimate of drug-likeness (QED) is 0.792. The van der Waals surface area contributed by atoms with Gasteiger partial charge in [-0.3, -0.25) is 9.69 Å². The van der Waals surface area contributed by atoms with Crippen molar-refractivity contribution in [3.63, 3.8) is 0 Å². The van der Waals surface area contributed by atoms with Gasteiger partial charge in [0.05, 0.1) is 5.39 Å². The summed E-state index contributed by atoms with van der Waals surface area (Å²) in [6, 6.07) is 2.08. The number of nitrogens with zero attached hydrogens (tertiary/aromatic N) is 6. The van der Waals surface area contributed by atoms with E-state index in [1.165, 1.54) is 6.42 Å². The van der Waals surface area contributed by atoms with Gasteiger partial charge in [-0.1, -0.05) is 6.92 Å². The second-order valence-corrected chi connectivity index (χ2v) is 8.33. The third-order valence-electron chi connectivity index (χ3n) is 6.02. The van der Waals surface area contributed by atoms with Crippen LogP contribution in [0.25, 0.3) is 11.0 Å². The molecule has 2 aromatic heterocycles. The van der Waals surface area contributed by atoms with Crippen LogP contribution >= 0.6 is 0 Å². The standard InChI is InChI=1S/C22H32N6O/c1-4-8-26-11-13-28(14-12-26)22(29)20-24-19-18(16(2)15-17(3)23-19)21(25-20)27-9-6-5-7-10-27/h15H,4-14H2,1-3H3. The van der Waals surface area contributed by atoms with E-state index in [4.69, 9.17) is 4.98 Å². The number of hydrogen-bond donors (Lipinski definition) is 0. The highest BCUT2D eigenvalue weighted by atomic mass is 16.2. The van der Waals surface area contributed by atoms with Gasteiger partial charge in [0, 0.05) is 45.0 Å². The summed E-state index contributed by atoms with van der Waals surface area (Å²) >= 11 is 0. The first-order valence-corrected chi connectivity index (χ1v) is 11.0. The third kappa shape index (κ3) is 4.20. The predicted molar refractivity (Wildman–Crippen MR) is 116 cm³/mol. The molecule has 0 spiro atoms. The number of rotatable bonds is 4. The first kappa shape index (κ1) is 20.0. The Kier molecular flexibility index (Phi) is 5.94. The minimum absolute atomic E-state index is 0.0673. The molecule has 0 radical (unpaired) electrons. The number of piperazine rings is 1. The van der Waals surface area contributed by atoms with Crippen molar-refractivity contribution in [3.05, 3.63) is 23.1 Å². The van der Waals surface area contributed by atoms with Crippen molar-refractivity contribution in [2.24, 2.45) is 0 Å². The van der Waals surface area contributed by atoms with E-state index in [0.29, 0.717) is 11.5 Å². The maximum absolute atomic E-state index is 13.2. The fourth-order valence-electron chi connectivity index (χ4n) is 4.52. The number of fused-ring (bicyclic) bond motifs is 1. The number of amides is 1. The van der Waals surface area contributed by atoms with Gasteiger partial charge in [-0.25, -0.2) is 15.0 Å². The number of piperidine rings is 1. The molecule has 2 aliphatic rings. The van der Waals surface area contributed by atoms with E-state index >= 15 is 0 Å². The molecule has 0 aliphatic carbocycles. The first-order chi connectivity index (χ1) is 14.1. The van der Waals surface area contributed by atoms with Crippen LogP contribution in [-0.4, -0.2) is 76.5 Å². The van der Waals surface area contributed by atoms with Crippen LogP contribution in [0.1, 0.15) is 54.5 Å². The van der Waals surface area contributed by atoms with Gasteiger partial charge in [-0.2, -0.15) is 0 Å². The van der Waals surface area contributed by atoms with Crippen LogP contribution in [0.2, 0.25) is 0 Å². The van der Waals surface area contributed by atoms with E-state index in [9.17, 15) is 4.79 Å². The molecule has 2 aromatic rings. The van der Waals surface area contributed by atoms with Gasteiger partial charge < -0.3 is 9.80 Å². The maximum atomic E-state index is 13.2. The molecule has 0 unspecified atom stereocenters. The second-order valence-electron chi connectivity index (χ2n) is 8.33. The van der Waals surface area contributed by atoms with E-state index in [1.54, 1.807) is 0 Å². The molecule has 2 fully saturated rings. The fraction of sp³-hybridized carbons (Fsp3) is 0.636. The molecule has 1 amide bonds. The monoisotopic (exact) mass is 396 g/mol. The lowest BCUT2D eigenvalue weighted by molar-refractivity contribution is 0.0626. The molecule has 2 aliphatic heterocycles. The highest BCUT2D eigenvalue weighted by molar-refractivity contribution is 5.97. The number of anilines is 1. The van der Waals surface area contributed by atoms with Crippen LogP contribution in [0.3, 0.4) is 0 Å². The molecule has 7 heteroatoms. The normalized spacial score (nSPS) is 18.4. The molecule has 7 nitrogen and oxygen atoms in total. The van der Waals surface area contributed by atoms with Crippen LogP contribution in [0.5, 0.6) is 0 Å². The van der Waals surface area contributed by atoms with Crippen LogP contribution < -0.4 is 4.90 Å². The smallest absolute Gasteiger partial charge is 0.291 e. The summed E-state index contributed by atoms with van der Waals surface area (Å²) in [4.78, 5) is 34.0. The zero-order valence-electron chi connectivity index (χ0n) is 17.9. The lowest BCUT2D eigenvalue weighted by atomic mass is 10.1. The van der Waals surface area contributed by atoms with Crippen molar-refractivity contribution in [2.75, 3.05) is 50.7 Å². The molecule has 4 rings (SSSR count). The first-order valence-electron chi connectivity index (χ1n) is 11.0. The number of aryl methyl sites for hydroxylation is 2. The Hall–Kier alpha value is -2.28. The lowest BCUT2D eigenvalue weighted by Crippen LogP contribution is -2.49. The average molecular weight is 397 g/mol. The van der Waals surface area contributed by atoms with Crippen molar-refractivity contribution in [3.8, 4) is 0 Å². The van der Waals surface area contributed by atoms with Crippen LogP contribution in [0.4, 0.5) is 5.82 Å². The van der Waals surface area contributed by atoms with E-state index in [2.05, 4.69) is 39.7 Å².